The lowest BCUT2D eigenvalue weighted by molar-refractivity contribution is -0.114. The van der Waals surface area contributed by atoms with E-state index in [0.717, 1.165) is 29.2 Å². The molecule has 0 amide bonds. The zero-order valence-corrected chi connectivity index (χ0v) is 11.5. The second-order valence-electron chi connectivity index (χ2n) is 6.49. The van der Waals surface area contributed by atoms with Gasteiger partial charge in [0.05, 0.1) is 0 Å². The third-order valence-electron chi connectivity index (χ3n) is 5.30. The molecule has 1 heteroatoms. The van der Waals surface area contributed by atoms with Gasteiger partial charge < -0.3 is 0 Å². The Labute approximate surface area is 106 Å². The number of carbonyl (C=O) groups excluding carboxylic acids is 1. The Hall–Kier alpha value is -0.590. The molecule has 0 heterocycles. The van der Waals surface area contributed by atoms with E-state index >= 15 is 0 Å². The van der Waals surface area contributed by atoms with Gasteiger partial charge in [0.2, 0.25) is 0 Å². The molecule has 0 spiro atoms. The molecule has 2 aliphatic rings. The van der Waals surface area contributed by atoms with Gasteiger partial charge in [0, 0.05) is 0 Å². The minimum absolute atomic E-state index is 0.210. The summed E-state index contributed by atoms with van der Waals surface area (Å²) in [5.41, 5.74) is 0.904. The van der Waals surface area contributed by atoms with Crippen molar-refractivity contribution in [2.45, 2.75) is 52.9 Å². The lowest BCUT2D eigenvalue weighted by Gasteiger charge is -2.47. The van der Waals surface area contributed by atoms with E-state index in [-0.39, 0.29) is 5.78 Å². The molecular weight excluding hydrogens is 208 g/mol. The Kier molecular flexibility index (Phi) is 3.75. The van der Waals surface area contributed by atoms with E-state index in [1.807, 2.05) is 0 Å². The van der Waals surface area contributed by atoms with E-state index in [4.69, 9.17) is 0 Å². The van der Waals surface area contributed by atoms with Crippen LogP contribution in [0.3, 0.4) is 0 Å². The molecule has 0 aromatic rings. The van der Waals surface area contributed by atoms with E-state index in [2.05, 4.69) is 20.4 Å². The van der Waals surface area contributed by atoms with Crippen LogP contribution in [0.25, 0.3) is 0 Å². The van der Waals surface area contributed by atoms with E-state index in [9.17, 15) is 4.79 Å². The maximum absolute atomic E-state index is 11.6. The highest BCUT2D eigenvalue weighted by atomic mass is 16.1. The van der Waals surface area contributed by atoms with Crippen molar-refractivity contribution in [1.82, 2.24) is 0 Å². The number of hydrogen-bond acceptors (Lipinski definition) is 1. The number of Topliss-reactive ketones (excluding diaryl/α,β-unsaturated/α-hetero) is 1. The lowest BCUT2D eigenvalue weighted by Crippen LogP contribution is -2.39. The van der Waals surface area contributed by atoms with E-state index < -0.39 is 0 Å². The van der Waals surface area contributed by atoms with E-state index in [1.165, 1.54) is 32.1 Å². The first-order chi connectivity index (χ1) is 8.00. The summed E-state index contributed by atoms with van der Waals surface area (Å²) in [6, 6.07) is 0. The van der Waals surface area contributed by atoms with Crippen molar-refractivity contribution in [2.75, 3.05) is 0 Å². The molecule has 0 radical (unpaired) electrons. The third-order valence-corrected chi connectivity index (χ3v) is 5.30. The molecule has 0 aliphatic heterocycles. The highest BCUT2D eigenvalue weighted by Gasteiger charge is 2.41. The summed E-state index contributed by atoms with van der Waals surface area (Å²) >= 11 is 0. The number of allylic oxidation sites excluding steroid dienone is 1. The number of hydrogen-bond donors (Lipinski definition) is 0. The van der Waals surface area contributed by atoms with Crippen LogP contribution in [-0.2, 0) is 4.79 Å². The smallest absolute Gasteiger partial charge is 0.155 e. The second kappa shape index (κ2) is 4.96. The largest absolute Gasteiger partial charge is 0.295 e. The molecule has 17 heavy (non-hydrogen) atoms. The van der Waals surface area contributed by atoms with E-state index in [0.29, 0.717) is 5.92 Å². The van der Waals surface area contributed by atoms with Crippen molar-refractivity contribution >= 4 is 5.78 Å². The summed E-state index contributed by atoms with van der Waals surface area (Å²) in [4.78, 5) is 11.6. The van der Waals surface area contributed by atoms with Crippen LogP contribution in [0.1, 0.15) is 52.9 Å². The first kappa shape index (κ1) is 12.9. The van der Waals surface area contributed by atoms with Gasteiger partial charge in [-0.1, -0.05) is 26.8 Å². The van der Waals surface area contributed by atoms with E-state index in [1.54, 1.807) is 6.92 Å². The molecular formula is C16H26O. The van der Waals surface area contributed by atoms with Crippen molar-refractivity contribution < 1.29 is 4.79 Å². The van der Waals surface area contributed by atoms with Crippen molar-refractivity contribution in [2.24, 2.45) is 29.6 Å². The second-order valence-corrected chi connectivity index (χ2v) is 6.49. The fourth-order valence-corrected chi connectivity index (χ4v) is 4.18. The van der Waals surface area contributed by atoms with Crippen molar-refractivity contribution in [3.05, 3.63) is 12.2 Å². The average molecular weight is 234 g/mol. The van der Waals surface area contributed by atoms with Crippen LogP contribution in [-0.4, -0.2) is 5.78 Å². The number of rotatable bonds is 2. The standard InChI is InChI=1S/C16H26O/c1-10-5-7-14-11(2)6-8-15(16(14)9-10)12(3)13(4)17/h10-11,14-16H,3,5-9H2,1-2,4H3/t10?,11-,14?,15?,16?/m1/s1. The molecule has 1 nitrogen and oxygen atoms in total. The SMILES string of the molecule is C=C(C(C)=O)C1CC[C@@H](C)C2CCC(C)CC12. The third kappa shape index (κ3) is 2.48. The highest BCUT2D eigenvalue weighted by Crippen LogP contribution is 2.50. The van der Waals surface area contributed by atoms with Crippen molar-refractivity contribution in [3.63, 3.8) is 0 Å². The first-order valence-electron chi connectivity index (χ1n) is 7.20. The molecule has 0 saturated heterocycles. The van der Waals surface area contributed by atoms with Crippen molar-refractivity contribution in [3.8, 4) is 0 Å². The fourth-order valence-electron chi connectivity index (χ4n) is 4.18. The highest BCUT2D eigenvalue weighted by molar-refractivity contribution is 5.93. The average Bonchev–Trinajstić information content (AvgIpc) is 2.28. The zero-order valence-electron chi connectivity index (χ0n) is 11.5. The number of ketones is 1. The Morgan fingerprint density at radius 3 is 2.41 bits per heavy atom. The van der Waals surface area contributed by atoms with Gasteiger partial charge in [-0.15, -0.1) is 0 Å². The number of carbonyl (C=O) groups is 1. The molecule has 0 aromatic heterocycles. The molecule has 2 rings (SSSR count). The molecule has 0 aromatic carbocycles. The van der Waals surface area contributed by atoms with Crippen LogP contribution < -0.4 is 0 Å². The molecule has 2 saturated carbocycles. The first-order valence-corrected chi connectivity index (χ1v) is 7.20. The van der Waals surface area contributed by atoms with Gasteiger partial charge in [-0.2, -0.15) is 0 Å². The Balaban J connectivity index is 2.17. The minimum atomic E-state index is 0.210. The summed E-state index contributed by atoms with van der Waals surface area (Å²) < 4.78 is 0. The zero-order chi connectivity index (χ0) is 12.6. The van der Waals surface area contributed by atoms with Gasteiger partial charge in [-0.25, -0.2) is 0 Å². The summed E-state index contributed by atoms with van der Waals surface area (Å²) in [6.07, 6.45) is 6.53. The molecule has 2 aliphatic carbocycles. The van der Waals surface area contributed by atoms with Gasteiger partial charge in [0.1, 0.15) is 0 Å². The molecule has 0 bridgehead atoms. The summed E-state index contributed by atoms with van der Waals surface area (Å²) in [7, 11) is 0. The van der Waals surface area contributed by atoms with Gasteiger partial charge >= 0.3 is 0 Å². The fraction of sp³-hybridized carbons (Fsp3) is 0.812. The molecule has 2 fully saturated rings. The summed E-state index contributed by atoms with van der Waals surface area (Å²) in [5.74, 6) is 3.96. The molecule has 5 atom stereocenters. The molecule has 96 valence electrons. The lowest BCUT2D eigenvalue weighted by atomic mass is 9.58. The van der Waals surface area contributed by atoms with Crippen LogP contribution in [0.5, 0.6) is 0 Å². The summed E-state index contributed by atoms with van der Waals surface area (Å²) in [5, 5.41) is 0. The maximum Gasteiger partial charge on any atom is 0.155 e. The van der Waals surface area contributed by atoms with Gasteiger partial charge in [0.25, 0.3) is 0 Å². The predicted octanol–water partition coefficient (Wildman–Crippen LogP) is 4.23. The van der Waals surface area contributed by atoms with Crippen LogP contribution in [0.4, 0.5) is 0 Å². The Bertz CT molecular complexity index is 317. The number of fused-ring (bicyclic) bond motifs is 1. The Morgan fingerprint density at radius 2 is 1.76 bits per heavy atom. The van der Waals surface area contributed by atoms with Crippen LogP contribution in [0.2, 0.25) is 0 Å². The van der Waals surface area contributed by atoms with Crippen LogP contribution in [0.15, 0.2) is 12.2 Å². The summed E-state index contributed by atoms with van der Waals surface area (Å²) in [6.45, 7) is 10.5. The monoisotopic (exact) mass is 234 g/mol. The molecule has 0 N–H and O–H groups in total. The topological polar surface area (TPSA) is 17.1 Å². The maximum atomic E-state index is 11.6. The van der Waals surface area contributed by atoms with Gasteiger partial charge in [-0.05, 0) is 67.8 Å². The van der Waals surface area contributed by atoms with Crippen LogP contribution >= 0.6 is 0 Å². The predicted molar refractivity (Wildman–Crippen MR) is 71.7 cm³/mol. The normalized spacial score (nSPS) is 41.7. The van der Waals surface area contributed by atoms with Gasteiger partial charge in [0.15, 0.2) is 5.78 Å². The quantitative estimate of drug-likeness (QED) is 0.653. The van der Waals surface area contributed by atoms with Gasteiger partial charge in [-0.3, -0.25) is 4.79 Å². The Morgan fingerprint density at radius 1 is 1.06 bits per heavy atom. The van der Waals surface area contributed by atoms with Crippen LogP contribution in [0, 0.1) is 29.6 Å². The minimum Gasteiger partial charge on any atom is -0.295 e. The molecule has 4 unspecified atom stereocenters. The van der Waals surface area contributed by atoms with Crippen molar-refractivity contribution in [1.29, 1.82) is 0 Å².